The first-order valence-corrected chi connectivity index (χ1v) is 10.7. The highest BCUT2D eigenvalue weighted by molar-refractivity contribution is 7.98. The molecule has 0 aromatic rings. The first-order valence-electron chi connectivity index (χ1n) is 9.27. The number of nitrogens with two attached hydrogens (primary N) is 3. The van der Waals surface area contributed by atoms with Gasteiger partial charge in [-0.05, 0) is 37.2 Å². The zero-order valence-electron chi connectivity index (χ0n) is 16.8. The van der Waals surface area contributed by atoms with E-state index < -0.39 is 35.9 Å². The van der Waals surface area contributed by atoms with Gasteiger partial charge in [-0.25, -0.2) is 4.79 Å². The molecule has 0 radical (unpaired) electrons. The van der Waals surface area contributed by atoms with Crippen molar-refractivity contribution in [2.75, 3.05) is 18.6 Å². The van der Waals surface area contributed by atoms with Gasteiger partial charge in [0.1, 0.15) is 12.1 Å². The maximum absolute atomic E-state index is 12.6. The van der Waals surface area contributed by atoms with Gasteiger partial charge in [0.05, 0.1) is 6.04 Å². The lowest BCUT2D eigenvalue weighted by Crippen LogP contribution is -2.55. The van der Waals surface area contributed by atoms with Crippen LogP contribution in [0.4, 0.5) is 0 Å². The standard InChI is InChI=1S/C17H34N6O4S/c1-4-10(2)13(18)15(25)22-11(7-9-28-3)14(24)23-12(16(26)27)6-5-8-21-17(19)20/h10-13H,4-9,18H2,1-3H3,(H,22,25)(H,23,24)(H,26,27)(H4,19,20,21). The van der Waals surface area contributed by atoms with E-state index in [2.05, 4.69) is 15.6 Å². The van der Waals surface area contributed by atoms with Gasteiger partial charge in [0.15, 0.2) is 5.96 Å². The van der Waals surface area contributed by atoms with Crippen LogP contribution in [0.2, 0.25) is 0 Å². The van der Waals surface area contributed by atoms with Gasteiger partial charge in [0.2, 0.25) is 11.8 Å². The maximum Gasteiger partial charge on any atom is 0.326 e. The first kappa shape index (κ1) is 26.0. The number of carbonyl (C=O) groups excluding carboxylic acids is 2. The largest absolute Gasteiger partial charge is 0.480 e. The number of carboxylic acids is 1. The van der Waals surface area contributed by atoms with Crippen molar-refractivity contribution >= 4 is 35.5 Å². The van der Waals surface area contributed by atoms with Crippen molar-refractivity contribution in [2.45, 2.75) is 57.7 Å². The molecule has 0 saturated heterocycles. The summed E-state index contributed by atoms with van der Waals surface area (Å²) in [6.07, 6.45) is 3.52. The average Bonchev–Trinajstić information content (AvgIpc) is 2.65. The van der Waals surface area contributed by atoms with Gasteiger partial charge in [-0.15, -0.1) is 0 Å². The summed E-state index contributed by atoms with van der Waals surface area (Å²) < 4.78 is 0. The lowest BCUT2D eigenvalue weighted by Gasteiger charge is -2.24. The summed E-state index contributed by atoms with van der Waals surface area (Å²) in [6.45, 7) is 4.05. The summed E-state index contributed by atoms with van der Waals surface area (Å²) in [5, 5.41) is 14.5. The third-order valence-electron chi connectivity index (χ3n) is 4.36. The molecule has 0 aliphatic heterocycles. The predicted octanol–water partition coefficient (Wildman–Crippen LogP) is -0.779. The molecule has 0 aromatic carbocycles. The smallest absolute Gasteiger partial charge is 0.326 e. The van der Waals surface area contributed by atoms with E-state index in [4.69, 9.17) is 17.2 Å². The van der Waals surface area contributed by atoms with E-state index in [1.54, 1.807) is 0 Å². The Morgan fingerprint density at radius 2 is 1.71 bits per heavy atom. The van der Waals surface area contributed by atoms with Crippen molar-refractivity contribution in [1.82, 2.24) is 10.6 Å². The molecule has 9 N–H and O–H groups in total. The zero-order chi connectivity index (χ0) is 21.7. The number of hydrogen-bond donors (Lipinski definition) is 6. The quantitative estimate of drug-likeness (QED) is 0.120. The normalized spacial score (nSPS) is 15.0. The van der Waals surface area contributed by atoms with Gasteiger partial charge in [0.25, 0.3) is 0 Å². The number of aliphatic carboxylic acids is 1. The van der Waals surface area contributed by atoms with Gasteiger partial charge in [-0.2, -0.15) is 11.8 Å². The van der Waals surface area contributed by atoms with Gasteiger partial charge in [0, 0.05) is 6.54 Å². The Hall–Kier alpha value is -2.01. The Labute approximate surface area is 170 Å². The molecular formula is C17H34N6O4S. The summed E-state index contributed by atoms with van der Waals surface area (Å²) in [5.74, 6) is -1.62. The monoisotopic (exact) mass is 418 g/mol. The van der Waals surface area contributed by atoms with Crippen LogP contribution in [0.25, 0.3) is 0 Å². The van der Waals surface area contributed by atoms with Crippen LogP contribution >= 0.6 is 11.8 Å². The topological polar surface area (TPSA) is 186 Å². The molecule has 0 aliphatic rings. The van der Waals surface area contributed by atoms with E-state index in [1.165, 1.54) is 11.8 Å². The Morgan fingerprint density at radius 3 is 2.21 bits per heavy atom. The van der Waals surface area contributed by atoms with E-state index >= 15 is 0 Å². The minimum atomic E-state index is -1.16. The number of amides is 2. The Bertz CT molecular complexity index is 542. The molecule has 0 aromatic heterocycles. The molecule has 162 valence electrons. The van der Waals surface area contributed by atoms with Crippen molar-refractivity contribution in [3.63, 3.8) is 0 Å². The van der Waals surface area contributed by atoms with Crippen molar-refractivity contribution < 1.29 is 19.5 Å². The zero-order valence-corrected chi connectivity index (χ0v) is 17.6. The summed E-state index contributed by atoms with van der Waals surface area (Å²) in [4.78, 5) is 40.2. The number of hydrogen-bond acceptors (Lipinski definition) is 6. The maximum atomic E-state index is 12.6. The predicted molar refractivity (Wildman–Crippen MR) is 112 cm³/mol. The fraction of sp³-hybridized carbons (Fsp3) is 0.765. The molecular weight excluding hydrogens is 384 g/mol. The lowest BCUT2D eigenvalue weighted by atomic mass is 9.99. The van der Waals surface area contributed by atoms with Crippen molar-refractivity contribution in [3.8, 4) is 0 Å². The molecule has 0 heterocycles. The lowest BCUT2D eigenvalue weighted by molar-refractivity contribution is -0.142. The molecule has 0 aliphatic carbocycles. The molecule has 0 saturated carbocycles. The van der Waals surface area contributed by atoms with Crippen LogP contribution in [-0.4, -0.2) is 65.5 Å². The van der Waals surface area contributed by atoms with E-state index in [0.717, 1.165) is 6.42 Å². The molecule has 0 rings (SSSR count). The van der Waals surface area contributed by atoms with Crippen molar-refractivity contribution in [1.29, 1.82) is 0 Å². The highest BCUT2D eigenvalue weighted by atomic mass is 32.2. The highest BCUT2D eigenvalue weighted by Gasteiger charge is 2.28. The average molecular weight is 419 g/mol. The Morgan fingerprint density at radius 1 is 1.11 bits per heavy atom. The van der Waals surface area contributed by atoms with E-state index in [0.29, 0.717) is 18.6 Å². The van der Waals surface area contributed by atoms with E-state index in [1.807, 2.05) is 20.1 Å². The number of nitrogens with zero attached hydrogens (tertiary/aromatic N) is 1. The number of guanidine groups is 1. The summed E-state index contributed by atoms with van der Waals surface area (Å²) in [5.41, 5.74) is 16.4. The van der Waals surface area contributed by atoms with Crippen LogP contribution < -0.4 is 27.8 Å². The van der Waals surface area contributed by atoms with Crippen LogP contribution in [-0.2, 0) is 14.4 Å². The molecule has 10 nitrogen and oxygen atoms in total. The molecule has 28 heavy (non-hydrogen) atoms. The second kappa shape index (κ2) is 14.1. The van der Waals surface area contributed by atoms with Gasteiger partial charge >= 0.3 is 5.97 Å². The SMILES string of the molecule is CCC(C)C(N)C(=O)NC(CCSC)C(=O)NC(CCCN=C(N)N)C(=O)O. The number of rotatable bonds is 14. The van der Waals surface area contributed by atoms with E-state index in [9.17, 15) is 19.5 Å². The molecule has 4 atom stereocenters. The summed E-state index contributed by atoms with van der Waals surface area (Å²) >= 11 is 1.52. The highest BCUT2D eigenvalue weighted by Crippen LogP contribution is 2.08. The minimum Gasteiger partial charge on any atom is -0.480 e. The third-order valence-corrected chi connectivity index (χ3v) is 5.01. The molecule has 11 heteroatoms. The first-order chi connectivity index (χ1) is 13.1. The summed E-state index contributed by atoms with van der Waals surface area (Å²) in [7, 11) is 0. The molecule has 2 amide bonds. The summed E-state index contributed by atoms with van der Waals surface area (Å²) in [6, 6.07) is -2.68. The molecule has 0 fully saturated rings. The molecule has 0 bridgehead atoms. The second-order valence-corrected chi connectivity index (χ2v) is 7.59. The van der Waals surface area contributed by atoms with Crippen LogP contribution in [0, 0.1) is 5.92 Å². The number of thioether (sulfide) groups is 1. The second-order valence-electron chi connectivity index (χ2n) is 6.60. The number of carbonyl (C=O) groups is 3. The van der Waals surface area contributed by atoms with Gasteiger partial charge in [-0.3, -0.25) is 14.6 Å². The van der Waals surface area contributed by atoms with Gasteiger partial charge < -0.3 is 32.9 Å². The van der Waals surface area contributed by atoms with Crippen LogP contribution in [0.5, 0.6) is 0 Å². The van der Waals surface area contributed by atoms with Crippen molar-refractivity contribution in [3.05, 3.63) is 0 Å². The van der Waals surface area contributed by atoms with Crippen LogP contribution in [0.15, 0.2) is 4.99 Å². The Kier molecular flexibility index (Phi) is 13.0. The molecule has 0 spiro atoms. The van der Waals surface area contributed by atoms with Gasteiger partial charge in [-0.1, -0.05) is 20.3 Å². The minimum absolute atomic E-state index is 0.0356. The third kappa shape index (κ3) is 10.4. The Balaban J connectivity index is 4.97. The van der Waals surface area contributed by atoms with Crippen LogP contribution in [0.3, 0.4) is 0 Å². The number of carboxylic acid groups (broad SMARTS) is 1. The molecule has 4 unspecified atom stereocenters. The fourth-order valence-electron chi connectivity index (χ4n) is 2.32. The van der Waals surface area contributed by atoms with E-state index in [-0.39, 0.29) is 24.8 Å². The van der Waals surface area contributed by atoms with Crippen LogP contribution in [0.1, 0.15) is 39.5 Å². The number of aliphatic imine (C=N–C) groups is 1. The van der Waals surface area contributed by atoms with Crippen molar-refractivity contribution in [2.24, 2.45) is 28.1 Å². The number of nitrogens with one attached hydrogen (secondary N) is 2. The fourth-order valence-corrected chi connectivity index (χ4v) is 2.79.